The van der Waals surface area contributed by atoms with Crippen molar-refractivity contribution in [2.45, 2.75) is 36.8 Å². The number of hydrogen-bond donors (Lipinski definition) is 1. The summed E-state index contributed by atoms with van der Waals surface area (Å²) in [5, 5.41) is 3.08. The van der Waals surface area contributed by atoms with Crippen LogP contribution in [0.15, 0.2) is 72.9 Å². The predicted octanol–water partition coefficient (Wildman–Crippen LogP) is 4.30. The van der Waals surface area contributed by atoms with Crippen LogP contribution in [0.25, 0.3) is 0 Å². The van der Waals surface area contributed by atoms with Gasteiger partial charge in [0.15, 0.2) is 0 Å². The van der Waals surface area contributed by atoms with Crippen molar-refractivity contribution in [2.24, 2.45) is 0 Å². The number of nitrogens with one attached hydrogen (secondary N) is 1. The van der Waals surface area contributed by atoms with Gasteiger partial charge in [-0.3, -0.25) is 9.59 Å². The van der Waals surface area contributed by atoms with E-state index in [1.807, 2.05) is 77.8 Å². The molecule has 1 saturated heterocycles. The van der Waals surface area contributed by atoms with Crippen molar-refractivity contribution in [1.82, 2.24) is 9.47 Å². The lowest BCUT2D eigenvalue weighted by atomic mass is 9.72. The van der Waals surface area contributed by atoms with Crippen molar-refractivity contribution in [3.05, 3.63) is 89.7 Å². The van der Waals surface area contributed by atoms with E-state index in [4.69, 9.17) is 0 Å². The maximum Gasteiger partial charge on any atom is 0.271 e. The highest BCUT2D eigenvalue weighted by atomic mass is 16.2. The van der Waals surface area contributed by atoms with E-state index in [0.29, 0.717) is 19.0 Å². The van der Waals surface area contributed by atoms with Crippen LogP contribution in [0.1, 0.15) is 53.0 Å². The van der Waals surface area contributed by atoms with E-state index in [0.717, 1.165) is 35.3 Å². The molecule has 1 spiro atoms. The number of aromatic nitrogens is 1. The molecule has 30 heavy (non-hydrogen) atoms. The molecule has 1 aromatic heterocycles. The Bertz CT molecular complexity index is 1150. The number of fused-ring (bicyclic) bond motifs is 2. The van der Waals surface area contributed by atoms with Gasteiger partial charge in [0.25, 0.3) is 5.91 Å². The van der Waals surface area contributed by atoms with E-state index in [1.165, 1.54) is 0 Å². The molecular formula is C25H23N3O2. The molecule has 150 valence electrons. The van der Waals surface area contributed by atoms with Gasteiger partial charge in [-0.25, -0.2) is 0 Å². The van der Waals surface area contributed by atoms with Crippen LogP contribution in [0.3, 0.4) is 0 Å². The van der Waals surface area contributed by atoms with Gasteiger partial charge in [0, 0.05) is 24.5 Å². The zero-order valence-electron chi connectivity index (χ0n) is 16.6. The van der Waals surface area contributed by atoms with Gasteiger partial charge in [0.2, 0.25) is 5.91 Å². The SMILES string of the molecule is O=C(c1cccn1C1CC1)N1CC[C@]2(C(=O)Nc3ccccc32)[C@@H]1c1ccccc1. The normalized spacial score (nSPS) is 24.9. The fourth-order valence-corrected chi connectivity index (χ4v) is 5.40. The van der Waals surface area contributed by atoms with Crippen LogP contribution in [0, 0.1) is 0 Å². The molecule has 3 aromatic rings. The molecule has 2 atom stereocenters. The molecule has 2 fully saturated rings. The molecular weight excluding hydrogens is 374 g/mol. The Morgan fingerprint density at radius 3 is 2.53 bits per heavy atom. The number of amides is 2. The number of benzene rings is 2. The molecule has 2 aromatic carbocycles. The van der Waals surface area contributed by atoms with Gasteiger partial charge in [0.1, 0.15) is 11.1 Å². The maximum absolute atomic E-state index is 13.8. The Hall–Kier alpha value is -3.34. The summed E-state index contributed by atoms with van der Waals surface area (Å²) in [7, 11) is 0. The summed E-state index contributed by atoms with van der Waals surface area (Å²) in [6, 6.07) is 21.9. The van der Waals surface area contributed by atoms with Crippen LogP contribution in [0.2, 0.25) is 0 Å². The lowest BCUT2D eigenvalue weighted by Crippen LogP contribution is -2.43. The van der Waals surface area contributed by atoms with Crippen LogP contribution < -0.4 is 5.32 Å². The molecule has 0 unspecified atom stereocenters. The third kappa shape index (κ3) is 2.35. The third-order valence-corrected chi connectivity index (χ3v) is 6.90. The summed E-state index contributed by atoms with van der Waals surface area (Å²) in [5.74, 6) is 0.000220. The smallest absolute Gasteiger partial charge is 0.271 e. The van der Waals surface area contributed by atoms with Gasteiger partial charge < -0.3 is 14.8 Å². The number of nitrogens with zero attached hydrogens (tertiary/aromatic N) is 2. The first-order valence-corrected chi connectivity index (χ1v) is 10.6. The average molecular weight is 397 g/mol. The Morgan fingerprint density at radius 2 is 1.73 bits per heavy atom. The minimum atomic E-state index is -0.759. The van der Waals surface area contributed by atoms with Crippen molar-refractivity contribution in [1.29, 1.82) is 0 Å². The standard InChI is InChI=1S/C25H23N3O2/c29-23(21-11-6-15-27(21)18-12-13-18)28-16-14-25(22(28)17-7-2-1-3-8-17)19-9-4-5-10-20(19)26-24(25)30/h1-11,15,18,22H,12-14,16H2,(H,26,30)/t22-,25+/m0/s1. The number of para-hydroxylation sites is 1. The van der Waals surface area contributed by atoms with Gasteiger partial charge in [-0.05, 0) is 48.6 Å². The predicted molar refractivity (Wildman–Crippen MR) is 114 cm³/mol. The second-order valence-corrected chi connectivity index (χ2v) is 8.56. The van der Waals surface area contributed by atoms with Crippen LogP contribution in [0.5, 0.6) is 0 Å². The van der Waals surface area contributed by atoms with Gasteiger partial charge in [-0.2, -0.15) is 0 Å². The van der Waals surface area contributed by atoms with E-state index in [1.54, 1.807) is 0 Å². The first-order valence-electron chi connectivity index (χ1n) is 10.6. The molecule has 0 radical (unpaired) electrons. The van der Waals surface area contributed by atoms with Gasteiger partial charge in [-0.1, -0.05) is 48.5 Å². The Labute approximate surface area is 175 Å². The molecule has 2 aliphatic heterocycles. The minimum Gasteiger partial charge on any atom is -0.340 e. The Morgan fingerprint density at radius 1 is 0.967 bits per heavy atom. The van der Waals surface area contributed by atoms with E-state index in [2.05, 4.69) is 9.88 Å². The van der Waals surface area contributed by atoms with Crippen LogP contribution in [-0.4, -0.2) is 27.8 Å². The van der Waals surface area contributed by atoms with E-state index >= 15 is 0 Å². The first-order chi connectivity index (χ1) is 14.7. The number of hydrogen-bond acceptors (Lipinski definition) is 2. The third-order valence-electron chi connectivity index (χ3n) is 6.90. The Kier molecular flexibility index (Phi) is 3.69. The minimum absolute atomic E-state index is 0.00886. The number of rotatable bonds is 3. The van der Waals surface area contributed by atoms with E-state index in [-0.39, 0.29) is 17.9 Å². The highest BCUT2D eigenvalue weighted by Gasteiger charge is 2.59. The van der Waals surface area contributed by atoms with Gasteiger partial charge in [0.05, 0.1) is 6.04 Å². The maximum atomic E-state index is 13.8. The van der Waals surface area contributed by atoms with Crippen molar-refractivity contribution in [3.63, 3.8) is 0 Å². The van der Waals surface area contributed by atoms with Crippen LogP contribution >= 0.6 is 0 Å². The largest absolute Gasteiger partial charge is 0.340 e. The number of carbonyl (C=O) groups is 2. The second kappa shape index (κ2) is 6.33. The summed E-state index contributed by atoms with van der Waals surface area (Å²) in [6.07, 6.45) is 4.87. The quantitative estimate of drug-likeness (QED) is 0.716. The molecule has 2 amide bonds. The zero-order valence-corrected chi connectivity index (χ0v) is 16.6. The average Bonchev–Trinajstić information content (AvgIpc) is 3.26. The van der Waals surface area contributed by atoms with Crippen LogP contribution in [0.4, 0.5) is 5.69 Å². The molecule has 1 aliphatic carbocycles. The molecule has 3 heterocycles. The van der Waals surface area contributed by atoms with Gasteiger partial charge in [-0.15, -0.1) is 0 Å². The second-order valence-electron chi connectivity index (χ2n) is 8.56. The molecule has 3 aliphatic rings. The van der Waals surface area contributed by atoms with Gasteiger partial charge >= 0.3 is 0 Å². The summed E-state index contributed by atoms with van der Waals surface area (Å²) in [5.41, 5.74) is 2.82. The highest BCUT2D eigenvalue weighted by molar-refractivity contribution is 6.08. The van der Waals surface area contributed by atoms with Crippen LogP contribution in [-0.2, 0) is 10.2 Å². The van der Waals surface area contributed by atoms with E-state index < -0.39 is 5.41 Å². The fraction of sp³-hybridized carbons (Fsp3) is 0.280. The van der Waals surface area contributed by atoms with Crippen molar-refractivity contribution < 1.29 is 9.59 Å². The Balaban J connectivity index is 1.49. The highest BCUT2D eigenvalue weighted by Crippen LogP contribution is 2.55. The summed E-state index contributed by atoms with van der Waals surface area (Å²) in [4.78, 5) is 29.1. The number of carbonyl (C=O) groups excluding carboxylic acids is 2. The summed E-state index contributed by atoms with van der Waals surface area (Å²) in [6.45, 7) is 0.552. The molecule has 0 bridgehead atoms. The zero-order chi connectivity index (χ0) is 20.3. The van der Waals surface area contributed by atoms with Crippen molar-refractivity contribution in [3.8, 4) is 0 Å². The fourth-order valence-electron chi connectivity index (χ4n) is 5.40. The molecule has 1 saturated carbocycles. The van der Waals surface area contributed by atoms with Crippen molar-refractivity contribution >= 4 is 17.5 Å². The molecule has 5 heteroatoms. The summed E-state index contributed by atoms with van der Waals surface area (Å²) < 4.78 is 2.11. The molecule has 6 rings (SSSR count). The lowest BCUT2D eigenvalue weighted by Gasteiger charge is -2.34. The summed E-state index contributed by atoms with van der Waals surface area (Å²) >= 11 is 0. The number of likely N-dealkylation sites (tertiary alicyclic amines) is 1. The lowest BCUT2D eigenvalue weighted by molar-refractivity contribution is -0.121. The first kappa shape index (κ1) is 17.5. The topological polar surface area (TPSA) is 54.3 Å². The van der Waals surface area contributed by atoms with E-state index in [9.17, 15) is 9.59 Å². The molecule has 1 N–H and O–H groups in total. The van der Waals surface area contributed by atoms with Crippen molar-refractivity contribution in [2.75, 3.05) is 11.9 Å². The molecule has 5 nitrogen and oxygen atoms in total. The monoisotopic (exact) mass is 397 g/mol. The number of anilines is 1.